The summed E-state index contributed by atoms with van der Waals surface area (Å²) >= 11 is 0. The molecule has 2 aromatic heterocycles. The first-order valence-electron chi connectivity index (χ1n) is 4.28. The number of aryl methyl sites for hydroxylation is 1. The molecule has 0 aliphatic rings. The molecule has 2 rings (SSSR count). The normalized spacial score (nSPS) is 10.6. The summed E-state index contributed by atoms with van der Waals surface area (Å²) in [5.41, 5.74) is 2.08. The van der Waals surface area contributed by atoms with Crippen molar-refractivity contribution >= 4 is 0 Å². The van der Waals surface area contributed by atoms with Gasteiger partial charge in [-0.05, 0) is 6.92 Å². The monoisotopic (exact) mass is 193 g/mol. The lowest BCUT2D eigenvalue weighted by Crippen LogP contribution is -2.14. The zero-order valence-corrected chi connectivity index (χ0v) is 7.78. The van der Waals surface area contributed by atoms with Crippen molar-refractivity contribution in [1.29, 1.82) is 0 Å². The second kappa shape index (κ2) is 3.97. The molecule has 0 saturated carbocycles. The van der Waals surface area contributed by atoms with Gasteiger partial charge in [0.05, 0.1) is 18.6 Å². The summed E-state index contributed by atoms with van der Waals surface area (Å²) in [5, 5.41) is 16.7. The van der Waals surface area contributed by atoms with Crippen LogP contribution >= 0.6 is 0 Å². The van der Waals surface area contributed by atoms with Crippen molar-refractivity contribution in [3.8, 4) is 0 Å². The molecular weight excluding hydrogens is 182 g/mol. The van der Waals surface area contributed by atoms with Crippen molar-refractivity contribution in [2.45, 2.75) is 20.0 Å². The maximum atomic E-state index is 4.15. The fourth-order valence-electron chi connectivity index (χ4n) is 1.12. The topological polar surface area (TPSA) is 95.2 Å². The van der Waals surface area contributed by atoms with E-state index in [1.54, 1.807) is 6.33 Å². The molecule has 0 bridgehead atoms. The fourth-order valence-corrected chi connectivity index (χ4v) is 1.12. The number of tetrazole rings is 1. The molecule has 7 heteroatoms. The predicted octanol–water partition coefficient (Wildman–Crippen LogP) is -0.479. The molecule has 14 heavy (non-hydrogen) atoms. The molecule has 0 aromatic carbocycles. The van der Waals surface area contributed by atoms with Crippen molar-refractivity contribution < 1.29 is 0 Å². The summed E-state index contributed by atoms with van der Waals surface area (Å²) in [5.74, 6) is 0.651. The maximum absolute atomic E-state index is 4.15. The van der Waals surface area contributed by atoms with Gasteiger partial charge in [-0.1, -0.05) is 5.21 Å². The molecule has 74 valence electrons. The van der Waals surface area contributed by atoms with Crippen LogP contribution in [-0.2, 0) is 13.1 Å². The Morgan fingerprint density at radius 1 is 1.43 bits per heavy atom. The van der Waals surface area contributed by atoms with Gasteiger partial charge in [0, 0.05) is 12.2 Å². The highest BCUT2D eigenvalue weighted by molar-refractivity contribution is 5.07. The van der Waals surface area contributed by atoms with E-state index in [-0.39, 0.29) is 0 Å². The van der Waals surface area contributed by atoms with E-state index in [4.69, 9.17) is 0 Å². The Bertz CT molecular complexity index is 376. The summed E-state index contributed by atoms with van der Waals surface area (Å²) in [6, 6.07) is 0. The Morgan fingerprint density at radius 3 is 3.00 bits per heavy atom. The molecule has 3 N–H and O–H groups in total. The van der Waals surface area contributed by atoms with E-state index >= 15 is 0 Å². The molecule has 7 nitrogen and oxygen atoms in total. The third kappa shape index (κ3) is 1.94. The van der Waals surface area contributed by atoms with Crippen LogP contribution in [-0.4, -0.2) is 30.6 Å². The van der Waals surface area contributed by atoms with Crippen LogP contribution in [0.5, 0.6) is 0 Å². The Morgan fingerprint density at radius 2 is 2.36 bits per heavy atom. The second-order valence-electron chi connectivity index (χ2n) is 2.91. The predicted molar refractivity (Wildman–Crippen MR) is 48.0 cm³/mol. The van der Waals surface area contributed by atoms with E-state index in [0.717, 1.165) is 11.4 Å². The van der Waals surface area contributed by atoms with Crippen molar-refractivity contribution in [2.24, 2.45) is 0 Å². The minimum Gasteiger partial charge on any atom is -0.348 e. The number of aromatic amines is 2. The first-order chi connectivity index (χ1) is 6.86. The van der Waals surface area contributed by atoms with Crippen LogP contribution in [0, 0.1) is 6.92 Å². The zero-order chi connectivity index (χ0) is 9.80. The number of hydrogen-bond donors (Lipinski definition) is 3. The number of aromatic nitrogens is 6. The number of nitrogens with zero attached hydrogens (tertiary/aromatic N) is 4. The van der Waals surface area contributed by atoms with Gasteiger partial charge in [-0.15, -0.1) is 10.2 Å². The molecular formula is C7H11N7. The van der Waals surface area contributed by atoms with Gasteiger partial charge < -0.3 is 10.3 Å². The van der Waals surface area contributed by atoms with Crippen LogP contribution in [0.2, 0.25) is 0 Å². The number of hydrogen-bond acceptors (Lipinski definition) is 5. The highest BCUT2D eigenvalue weighted by Gasteiger charge is 2.01. The summed E-state index contributed by atoms with van der Waals surface area (Å²) in [7, 11) is 0. The smallest absolute Gasteiger partial charge is 0.188 e. The highest BCUT2D eigenvalue weighted by atomic mass is 15.5. The van der Waals surface area contributed by atoms with Gasteiger partial charge in [0.15, 0.2) is 5.82 Å². The number of H-pyrrole nitrogens is 2. The van der Waals surface area contributed by atoms with E-state index in [1.165, 1.54) is 0 Å². The lowest BCUT2D eigenvalue weighted by Gasteiger charge is -1.99. The molecule has 2 heterocycles. The molecule has 0 amide bonds. The SMILES string of the molecule is Cc1[nH]cnc1CNCc1nn[nH]n1. The maximum Gasteiger partial charge on any atom is 0.188 e. The average molecular weight is 193 g/mol. The van der Waals surface area contributed by atoms with Crippen LogP contribution in [0.3, 0.4) is 0 Å². The molecule has 2 aromatic rings. The van der Waals surface area contributed by atoms with E-state index in [2.05, 4.69) is 35.9 Å². The minimum absolute atomic E-state index is 0.586. The van der Waals surface area contributed by atoms with Gasteiger partial charge in [0.2, 0.25) is 0 Å². The highest BCUT2D eigenvalue weighted by Crippen LogP contribution is 1.99. The number of imidazole rings is 1. The molecule has 0 fully saturated rings. The Labute approximate surface area is 80.3 Å². The molecule has 0 aliphatic carbocycles. The summed E-state index contributed by atoms with van der Waals surface area (Å²) in [6.45, 7) is 3.27. The van der Waals surface area contributed by atoms with Gasteiger partial charge in [0.25, 0.3) is 0 Å². The van der Waals surface area contributed by atoms with Gasteiger partial charge in [-0.2, -0.15) is 5.21 Å². The number of rotatable bonds is 4. The fraction of sp³-hybridized carbons (Fsp3) is 0.429. The quantitative estimate of drug-likeness (QED) is 0.609. The molecule has 0 spiro atoms. The zero-order valence-electron chi connectivity index (χ0n) is 7.78. The summed E-state index contributed by atoms with van der Waals surface area (Å²) < 4.78 is 0. The Hall–Kier alpha value is -1.76. The summed E-state index contributed by atoms with van der Waals surface area (Å²) in [6.07, 6.45) is 1.68. The van der Waals surface area contributed by atoms with Gasteiger partial charge in [0.1, 0.15) is 0 Å². The Balaban J connectivity index is 1.81. The van der Waals surface area contributed by atoms with Crippen molar-refractivity contribution in [2.75, 3.05) is 0 Å². The Kier molecular flexibility index (Phi) is 2.50. The van der Waals surface area contributed by atoms with Gasteiger partial charge in [-0.25, -0.2) is 4.98 Å². The van der Waals surface area contributed by atoms with Gasteiger partial charge in [-0.3, -0.25) is 0 Å². The lowest BCUT2D eigenvalue weighted by atomic mass is 10.3. The second-order valence-corrected chi connectivity index (χ2v) is 2.91. The lowest BCUT2D eigenvalue weighted by molar-refractivity contribution is 0.652. The molecule has 0 saturated heterocycles. The molecule has 0 unspecified atom stereocenters. The summed E-state index contributed by atoms with van der Waals surface area (Å²) in [4.78, 5) is 7.16. The largest absolute Gasteiger partial charge is 0.348 e. The molecule has 0 aliphatic heterocycles. The minimum atomic E-state index is 0.586. The van der Waals surface area contributed by atoms with Crippen molar-refractivity contribution in [1.82, 2.24) is 35.9 Å². The van der Waals surface area contributed by atoms with Crippen LogP contribution < -0.4 is 5.32 Å². The van der Waals surface area contributed by atoms with Gasteiger partial charge >= 0.3 is 0 Å². The van der Waals surface area contributed by atoms with E-state index in [9.17, 15) is 0 Å². The first-order valence-corrected chi connectivity index (χ1v) is 4.28. The first kappa shape index (κ1) is 8.82. The third-order valence-electron chi connectivity index (χ3n) is 1.90. The van der Waals surface area contributed by atoms with Crippen molar-refractivity contribution in [3.63, 3.8) is 0 Å². The van der Waals surface area contributed by atoms with Crippen LogP contribution in [0.15, 0.2) is 6.33 Å². The van der Waals surface area contributed by atoms with Crippen molar-refractivity contribution in [3.05, 3.63) is 23.5 Å². The van der Waals surface area contributed by atoms with E-state index in [0.29, 0.717) is 18.9 Å². The molecule has 0 atom stereocenters. The molecule has 0 radical (unpaired) electrons. The van der Waals surface area contributed by atoms with Crippen LogP contribution in [0.25, 0.3) is 0 Å². The van der Waals surface area contributed by atoms with E-state index in [1.807, 2.05) is 6.92 Å². The average Bonchev–Trinajstić information content (AvgIpc) is 2.78. The number of nitrogens with one attached hydrogen (secondary N) is 3. The standard InChI is InChI=1S/C7H11N7/c1-5-6(10-4-9-5)2-8-3-7-11-13-14-12-7/h4,8H,2-3H2,1H3,(H,9,10)(H,11,12,13,14). The third-order valence-corrected chi connectivity index (χ3v) is 1.90. The van der Waals surface area contributed by atoms with Crippen LogP contribution in [0.1, 0.15) is 17.2 Å². The van der Waals surface area contributed by atoms with Crippen LogP contribution in [0.4, 0.5) is 0 Å². The van der Waals surface area contributed by atoms with E-state index < -0.39 is 0 Å².